The minimum absolute atomic E-state index is 0.122. The van der Waals surface area contributed by atoms with Gasteiger partial charge in [-0.1, -0.05) is 24.8 Å². The summed E-state index contributed by atoms with van der Waals surface area (Å²) in [7, 11) is -2.29. The highest BCUT2D eigenvalue weighted by molar-refractivity contribution is 7.93. The number of amides is 1. The van der Waals surface area contributed by atoms with Gasteiger partial charge < -0.3 is 15.0 Å². The van der Waals surface area contributed by atoms with Crippen LogP contribution in [0.4, 0.5) is 11.4 Å². The fraction of sp³-hybridized carbons (Fsp3) is 0.280. The zero-order valence-electron chi connectivity index (χ0n) is 20.4. The molecule has 1 aromatic carbocycles. The average Bonchev–Trinajstić information content (AvgIpc) is 3.56. The highest BCUT2D eigenvalue weighted by atomic mass is 32.2. The van der Waals surface area contributed by atoms with Gasteiger partial charge in [0.05, 0.1) is 23.4 Å². The first kappa shape index (κ1) is 26.1. The smallest absolute Gasteiger partial charge is 0.275 e. The van der Waals surface area contributed by atoms with E-state index in [1.54, 1.807) is 30.6 Å². The Morgan fingerprint density at radius 2 is 1.81 bits per heavy atom. The van der Waals surface area contributed by atoms with Crippen molar-refractivity contribution in [2.75, 3.05) is 43.5 Å². The van der Waals surface area contributed by atoms with Crippen LogP contribution in [0.2, 0.25) is 0 Å². The number of para-hydroxylation sites is 2. The standard InChI is InChI=1S/C25H28N4O4S3/c1-17(2)23(18(3)33-4)36(31,32)29-13-11-28(12-14-29)21-9-6-5-8-19(21)26-24(30)20-16-35-25(27-20)22-10-7-15-34-22/h5-10,15-16H,1,11-14H2,2-4H3,(H,26,30)/b23-18+. The molecule has 0 saturated carbocycles. The second-order valence-corrected chi connectivity index (χ2v) is 11.9. The highest BCUT2D eigenvalue weighted by Gasteiger charge is 2.33. The SMILES string of the molecule is C=C(C)/C(=C(/C)OC)S(=O)(=O)N1CCN(c2ccccc2NC(=O)c2csc(-c3cccs3)n2)CC1. The number of methoxy groups -OCH3 is 1. The molecule has 1 saturated heterocycles. The van der Waals surface area contributed by atoms with E-state index in [9.17, 15) is 13.2 Å². The average molecular weight is 545 g/mol. The molecule has 11 heteroatoms. The third kappa shape index (κ3) is 5.39. The molecule has 0 aliphatic carbocycles. The third-order valence-corrected chi connectivity index (χ3v) is 9.89. The number of piperazine rings is 1. The minimum atomic E-state index is -3.74. The van der Waals surface area contributed by atoms with Crippen molar-refractivity contribution in [3.8, 4) is 9.88 Å². The van der Waals surface area contributed by atoms with Gasteiger partial charge in [0.15, 0.2) is 0 Å². The number of allylic oxidation sites excluding steroid dienone is 2. The normalized spacial score (nSPS) is 15.4. The van der Waals surface area contributed by atoms with Crippen LogP contribution in [0, 0.1) is 0 Å². The van der Waals surface area contributed by atoms with Crippen molar-refractivity contribution >= 4 is 50.0 Å². The number of hydrogen-bond acceptors (Lipinski definition) is 8. The molecule has 0 atom stereocenters. The van der Waals surface area contributed by atoms with Gasteiger partial charge in [-0.15, -0.1) is 22.7 Å². The molecule has 1 amide bonds. The minimum Gasteiger partial charge on any atom is -0.500 e. The number of carbonyl (C=O) groups excluding carboxylic acids is 1. The molecule has 8 nitrogen and oxygen atoms in total. The van der Waals surface area contributed by atoms with E-state index in [1.165, 1.54) is 22.8 Å². The molecule has 4 rings (SSSR count). The molecule has 3 aromatic rings. The van der Waals surface area contributed by atoms with Gasteiger partial charge in [-0.25, -0.2) is 13.4 Å². The van der Waals surface area contributed by atoms with Gasteiger partial charge >= 0.3 is 0 Å². The van der Waals surface area contributed by atoms with E-state index in [2.05, 4.69) is 21.8 Å². The Labute approximate surface area is 219 Å². The molecule has 2 aromatic heterocycles. The maximum absolute atomic E-state index is 13.3. The Hall–Kier alpha value is -2.99. The fourth-order valence-corrected chi connectivity index (χ4v) is 7.43. The Bertz CT molecular complexity index is 1390. The number of ether oxygens (including phenoxy) is 1. The summed E-state index contributed by atoms with van der Waals surface area (Å²) in [5, 5.41) is 7.53. The molecule has 0 radical (unpaired) electrons. The zero-order valence-corrected chi connectivity index (χ0v) is 22.8. The van der Waals surface area contributed by atoms with E-state index < -0.39 is 10.0 Å². The first-order valence-electron chi connectivity index (χ1n) is 11.3. The molecular formula is C25H28N4O4S3. The molecular weight excluding hydrogens is 517 g/mol. The van der Waals surface area contributed by atoms with Crippen LogP contribution in [0.3, 0.4) is 0 Å². The van der Waals surface area contributed by atoms with Crippen molar-refractivity contribution in [3.05, 3.63) is 75.7 Å². The number of thiazole rings is 1. The zero-order chi connectivity index (χ0) is 25.9. The summed E-state index contributed by atoms with van der Waals surface area (Å²) in [6.45, 7) is 8.67. The van der Waals surface area contributed by atoms with Crippen LogP contribution in [0.15, 0.2) is 70.0 Å². The fourth-order valence-electron chi connectivity index (χ4n) is 4.03. The molecule has 0 bridgehead atoms. The summed E-state index contributed by atoms with van der Waals surface area (Å²) in [5.41, 5.74) is 2.29. The lowest BCUT2D eigenvalue weighted by Crippen LogP contribution is -2.49. The second-order valence-electron chi connectivity index (χ2n) is 8.25. The molecule has 0 spiro atoms. The van der Waals surface area contributed by atoms with Crippen LogP contribution in [0.25, 0.3) is 9.88 Å². The molecule has 1 aliphatic heterocycles. The van der Waals surface area contributed by atoms with Crippen LogP contribution in [-0.2, 0) is 14.8 Å². The molecule has 0 unspecified atom stereocenters. The summed E-state index contributed by atoms with van der Waals surface area (Å²) in [5.74, 6) is 0.0382. The van der Waals surface area contributed by atoms with Gasteiger partial charge in [-0.3, -0.25) is 4.79 Å². The Balaban J connectivity index is 1.47. The Morgan fingerprint density at radius 3 is 2.44 bits per heavy atom. The van der Waals surface area contributed by atoms with Crippen molar-refractivity contribution in [1.29, 1.82) is 0 Å². The van der Waals surface area contributed by atoms with Crippen molar-refractivity contribution in [2.24, 2.45) is 0 Å². The lowest BCUT2D eigenvalue weighted by molar-refractivity contribution is 0.102. The number of thiophene rings is 1. The van der Waals surface area contributed by atoms with E-state index in [0.717, 1.165) is 15.6 Å². The van der Waals surface area contributed by atoms with E-state index >= 15 is 0 Å². The Kier molecular flexibility index (Phi) is 7.94. The highest BCUT2D eigenvalue weighted by Crippen LogP contribution is 2.31. The van der Waals surface area contributed by atoms with Crippen molar-refractivity contribution < 1.29 is 17.9 Å². The maximum Gasteiger partial charge on any atom is 0.275 e. The number of hydrogen-bond donors (Lipinski definition) is 1. The predicted octanol–water partition coefficient (Wildman–Crippen LogP) is 5.03. The number of nitrogens with one attached hydrogen (secondary N) is 1. The van der Waals surface area contributed by atoms with Crippen molar-refractivity contribution in [2.45, 2.75) is 13.8 Å². The quantitative estimate of drug-likeness (QED) is 0.316. The third-order valence-electron chi connectivity index (χ3n) is 5.81. The molecule has 36 heavy (non-hydrogen) atoms. The summed E-state index contributed by atoms with van der Waals surface area (Å²) in [6, 6.07) is 11.5. The number of rotatable bonds is 8. The predicted molar refractivity (Wildman–Crippen MR) is 147 cm³/mol. The lowest BCUT2D eigenvalue weighted by atomic mass is 10.2. The second kappa shape index (κ2) is 11.0. The topological polar surface area (TPSA) is 91.8 Å². The molecule has 190 valence electrons. The molecule has 1 aliphatic rings. The van der Waals surface area contributed by atoms with E-state index in [4.69, 9.17) is 4.74 Å². The summed E-state index contributed by atoms with van der Waals surface area (Å²) >= 11 is 3.02. The van der Waals surface area contributed by atoms with E-state index in [0.29, 0.717) is 48.9 Å². The van der Waals surface area contributed by atoms with Gasteiger partial charge in [0.25, 0.3) is 5.91 Å². The summed E-state index contributed by atoms with van der Waals surface area (Å²) < 4.78 is 33.2. The Morgan fingerprint density at radius 1 is 1.08 bits per heavy atom. The largest absolute Gasteiger partial charge is 0.500 e. The van der Waals surface area contributed by atoms with Crippen LogP contribution >= 0.6 is 22.7 Å². The number of sulfonamides is 1. The molecule has 1 fully saturated rings. The first-order valence-corrected chi connectivity index (χ1v) is 14.5. The molecule has 1 N–H and O–H groups in total. The van der Waals surface area contributed by atoms with E-state index in [1.807, 2.05) is 41.8 Å². The van der Waals surface area contributed by atoms with Crippen LogP contribution < -0.4 is 10.2 Å². The van der Waals surface area contributed by atoms with Crippen LogP contribution in [0.5, 0.6) is 0 Å². The van der Waals surface area contributed by atoms with Gasteiger partial charge in [0, 0.05) is 31.6 Å². The number of anilines is 2. The van der Waals surface area contributed by atoms with Crippen molar-refractivity contribution in [3.63, 3.8) is 0 Å². The number of benzene rings is 1. The van der Waals surface area contributed by atoms with Crippen molar-refractivity contribution in [1.82, 2.24) is 9.29 Å². The monoisotopic (exact) mass is 544 g/mol. The van der Waals surface area contributed by atoms with Gasteiger partial charge in [0.1, 0.15) is 21.4 Å². The summed E-state index contributed by atoms with van der Waals surface area (Å²) in [6.07, 6.45) is 0. The number of carbonyl (C=O) groups is 1. The van der Waals surface area contributed by atoms with Gasteiger partial charge in [-0.2, -0.15) is 4.31 Å². The molecule has 3 heterocycles. The summed E-state index contributed by atoms with van der Waals surface area (Å²) in [4.78, 5) is 20.7. The first-order chi connectivity index (χ1) is 17.2. The van der Waals surface area contributed by atoms with Crippen LogP contribution in [-0.4, -0.2) is 56.9 Å². The number of aromatic nitrogens is 1. The lowest BCUT2D eigenvalue weighted by Gasteiger charge is -2.36. The van der Waals surface area contributed by atoms with Crippen LogP contribution in [0.1, 0.15) is 24.3 Å². The van der Waals surface area contributed by atoms with E-state index in [-0.39, 0.29) is 10.8 Å². The maximum atomic E-state index is 13.3. The van der Waals surface area contributed by atoms with Gasteiger partial charge in [0.2, 0.25) is 10.0 Å². The number of nitrogens with zero attached hydrogens (tertiary/aromatic N) is 3. The van der Waals surface area contributed by atoms with Gasteiger partial charge in [-0.05, 0) is 43.0 Å².